The molecule has 0 fully saturated rings. The quantitative estimate of drug-likeness (QED) is 0.499. The molecule has 0 aliphatic heterocycles. The van der Waals surface area contributed by atoms with Crippen LogP contribution in [0.2, 0.25) is 0 Å². The number of hydrogen-bond acceptors (Lipinski definition) is 4. The second-order valence-electron chi connectivity index (χ2n) is 4.09. The van der Waals surface area contributed by atoms with Crippen molar-refractivity contribution in [2.75, 3.05) is 18.9 Å². The van der Waals surface area contributed by atoms with Gasteiger partial charge in [-0.15, -0.1) is 11.8 Å². The molecule has 3 nitrogen and oxygen atoms in total. The minimum absolute atomic E-state index is 0.277. The van der Waals surface area contributed by atoms with Crippen LogP contribution in [0.15, 0.2) is 23.1 Å². The zero-order valence-electron chi connectivity index (χ0n) is 10.5. The van der Waals surface area contributed by atoms with Crippen LogP contribution < -0.4 is 5.32 Å². The Morgan fingerprint density at radius 2 is 2.22 bits per heavy atom. The highest BCUT2D eigenvalue weighted by Crippen LogP contribution is 2.23. The van der Waals surface area contributed by atoms with Crippen LogP contribution in [0.4, 0.5) is 4.39 Å². The van der Waals surface area contributed by atoms with Crippen LogP contribution in [-0.2, 0) is 6.54 Å². The number of aliphatic hydroxyl groups is 2. The van der Waals surface area contributed by atoms with Crippen molar-refractivity contribution in [3.8, 4) is 0 Å². The smallest absolute Gasteiger partial charge is 0.137 e. The van der Waals surface area contributed by atoms with Gasteiger partial charge in [0.2, 0.25) is 0 Å². The number of halogens is 1. The molecule has 1 unspecified atom stereocenters. The summed E-state index contributed by atoms with van der Waals surface area (Å²) in [5, 5.41) is 21.1. The summed E-state index contributed by atoms with van der Waals surface area (Å²) in [6.07, 6.45) is 0.246. The van der Waals surface area contributed by atoms with E-state index in [0.29, 0.717) is 17.2 Å². The summed E-state index contributed by atoms with van der Waals surface area (Å²) in [6, 6.07) is 5.10. The van der Waals surface area contributed by atoms with E-state index in [1.807, 2.05) is 6.07 Å². The minimum atomic E-state index is -0.805. The lowest BCUT2D eigenvalue weighted by Gasteiger charge is -2.09. The number of thioether (sulfide) groups is 1. The molecule has 1 aromatic rings. The standard InChI is InChI=1S/C13H20FNO2S/c1-2-5-15-7-10-3-4-13(12(14)6-10)18-9-11(17)8-16/h3-4,6,11,15-17H,2,5,7-9H2,1H3. The summed E-state index contributed by atoms with van der Waals surface area (Å²) in [5.41, 5.74) is 0.910. The maximum atomic E-state index is 13.7. The molecule has 0 radical (unpaired) electrons. The summed E-state index contributed by atoms with van der Waals surface area (Å²) in [6.45, 7) is 3.36. The van der Waals surface area contributed by atoms with Crippen molar-refractivity contribution in [2.24, 2.45) is 0 Å². The van der Waals surface area contributed by atoms with E-state index in [1.54, 1.807) is 6.07 Å². The van der Waals surface area contributed by atoms with Crippen molar-refractivity contribution < 1.29 is 14.6 Å². The monoisotopic (exact) mass is 273 g/mol. The highest BCUT2D eigenvalue weighted by molar-refractivity contribution is 7.99. The van der Waals surface area contributed by atoms with E-state index in [0.717, 1.165) is 18.5 Å². The van der Waals surface area contributed by atoms with Crippen molar-refractivity contribution in [2.45, 2.75) is 30.9 Å². The SMILES string of the molecule is CCCNCc1ccc(SCC(O)CO)c(F)c1. The van der Waals surface area contributed by atoms with E-state index in [1.165, 1.54) is 17.8 Å². The van der Waals surface area contributed by atoms with E-state index >= 15 is 0 Å². The third-order valence-electron chi connectivity index (χ3n) is 2.39. The molecule has 0 saturated heterocycles. The second kappa shape index (κ2) is 8.48. The van der Waals surface area contributed by atoms with Crippen LogP contribution in [0.3, 0.4) is 0 Å². The third kappa shape index (κ3) is 5.35. The van der Waals surface area contributed by atoms with Crippen LogP contribution in [0.25, 0.3) is 0 Å². The van der Waals surface area contributed by atoms with E-state index in [2.05, 4.69) is 12.2 Å². The van der Waals surface area contributed by atoms with Gasteiger partial charge in [-0.1, -0.05) is 13.0 Å². The lowest BCUT2D eigenvalue weighted by atomic mass is 10.2. The van der Waals surface area contributed by atoms with Gasteiger partial charge in [0.15, 0.2) is 0 Å². The van der Waals surface area contributed by atoms with Crippen LogP contribution >= 0.6 is 11.8 Å². The van der Waals surface area contributed by atoms with Gasteiger partial charge in [0.05, 0.1) is 12.7 Å². The van der Waals surface area contributed by atoms with Crippen molar-refractivity contribution in [1.29, 1.82) is 0 Å². The van der Waals surface area contributed by atoms with Crippen molar-refractivity contribution in [1.82, 2.24) is 5.32 Å². The minimum Gasteiger partial charge on any atom is -0.394 e. The first-order chi connectivity index (χ1) is 8.67. The average Bonchev–Trinajstić information content (AvgIpc) is 2.37. The summed E-state index contributed by atoms with van der Waals surface area (Å²) in [7, 11) is 0. The van der Waals surface area contributed by atoms with Crippen molar-refractivity contribution in [3.63, 3.8) is 0 Å². The first kappa shape index (κ1) is 15.4. The normalized spacial score (nSPS) is 12.7. The fourth-order valence-electron chi connectivity index (χ4n) is 1.42. The largest absolute Gasteiger partial charge is 0.394 e. The van der Waals surface area contributed by atoms with E-state index in [-0.39, 0.29) is 12.4 Å². The Hall–Kier alpha value is -0.620. The third-order valence-corrected chi connectivity index (χ3v) is 3.59. The maximum Gasteiger partial charge on any atom is 0.137 e. The summed E-state index contributed by atoms with van der Waals surface area (Å²) in [5.74, 6) is 0.0156. The highest BCUT2D eigenvalue weighted by Gasteiger charge is 2.07. The fraction of sp³-hybridized carbons (Fsp3) is 0.538. The lowest BCUT2D eigenvalue weighted by molar-refractivity contribution is 0.113. The molecular formula is C13H20FNO2S. The Kier molecular flexibility index (Phi) is 7.27. The lowest BCUT2D eigenvalue weighted by Crippen LogP contribution is -2.15. The molecular weight excluding hydrogens is 253 g/mol. The summed E-state index contributed by atoms with van der Waals surface area (Å²) >= 11 is 1.21. The van der Waals surface area contributed by atoms with Gasteiger partial charge in [-0.3, -0.25) is 0 Å². The van der Waals surface area contributed by atoms with Gasteiger partial charge in [-0.2, -0.15) is 0 Å². The van der Waals surface area contributed by atoms with E-state index < -0.39 is 6.10 Å². The van der Waals surface area contributed by atoms with Gasteiger partial charge in [0.25, 0.3) is 0 Å². The molecule has 0 aliphatic rings. The molecule has 102 valence electrons. The average molecular weight is 273 g/mol. The fourth-order valence-corrected chi connectivity index (χ4v) is 2.26. The van der Waals surface area contributed by atoms with E-state index in [9.17, 15) is 9.50 Å². The Balaban J connectivity index is 2.51. The molecule has 0 spiro atoms. The van der Waals surface area contributed by atoms with Crippen LogP contribution in [0, 0.1) is 5.82 Å². The molecule has 0 aliphatic carbocycles. The van der Waals surface area contributed by atoms with Gasteiger partial charge in [0.1, 0.15) is 5.82 Å². The first-order valence-corrected chi connectivity index (χ1v) is 7.06. The Morgan fingerprint density at radius 3 is 2.83 bits per heavy atom. The predicted octanol–water partition coefficient (Wildman–Crippen LogP) is 1.77. The molecule has 1 aromatic carbocycles. The molecule has 0 amide bonds. The molecule has 0 saturated carbocycles. The highest BCUT2D eigenvalue weighted by atomic mass is 32.2. The molecule has 1 atom stereocenters. The van der Waals surface area contributed by atoms with Crippen LogP contribution in [-0.4, -0.2) is 35.2 Å². The van der Waals surface area contributed by atoms with Gasteiger partial charge >= 0.3 is 0 Å². The van der Waals surface area contributed by atoms with Gasteiger partial charge in [-0.25, -0.2) is 4.39 Å². The van der Waals surface area contributed by atoms with Crippen molar-refractivity contribution in [3.05, 3.63) is 29.6 Å². The molecule has 3 N–H and O–H groups in total. The second-order valence-corrected chi connectivity index (χ2v) is 5.15. The van der Waals surface area contributed by atoms with Crippen LogP contribution in [0.5, 0.6) is 0 Å². The van der Waals surface area contributed by atoms with Crippen molar-refractivity contribution >= 4 is 11.8 Å². The van der Waals surface area contributed by atoms with Gasteiger partial charge in [0, 0.05) is 17.2 Å². The predicted molar refractivity (Wildman–Crippen MR) is 72.2 cm³/mol. The first-order valence-electron chi connectivity index (χ1n) is 6.08. The molecule has 0 aromatic heterocycles. The summed E-state index contributed by atoms with van der Waals surface area (Å²) < 4.78 is 13.7. The zero-order valence-corrected chi connectivity index (χ0v) is 11.3. The molecule has 1 rings (SSSR count). The number of rotatable bonds is 8. The molecule has 5 heteroatoms. The molecule has 0 heterocycles. The Morgan fingerprint density at radius 1 is 1.44 bits per heavy atom. The molecule has 18 heavy (non-hydrogen) atoms. The Bertz CT molecular complexity index is 363. The number of aliphatic hydroxyl groups excluding tert-OH is 2. The Labute approximate surface area is 111 Å². The summed E-state index contributed by atoms with van der Waals surface area (Å²) in [4.78, 5) is 0.502. The van der Waals surface area contributed by atoms with Crippen LogP contribution in [0.1, 0.15) is 18.9 Å². The van der Waals surface area contributed by atoms with Gasteiger partial charge in [-0.05, 0) is 30.7 Å². The number of nitrogens with one attached hydrogen (secondary N) is 1. The zero-order chi connectivity index (χ0) is 13.4. The van der Waals surface area contributed by atoms with Gasteiger partial charge < -0.3 is 15.5 Å². The number of benzene rings is 1. The molecule has 0 bridgehead atoms. The van der Waals surface area contributed by atoms with E-state index in [4.69, 9.17) is 5.11 Å². The topological polar surface area (TPSA) is 52.5 Å². The maximum absolute atomic E-state index is 13.7. The number of hydrogen-bond donors (Lipinski definition) is 3.